The number of carbonyl (C=O) groups is 1. The van der Waals surface area contributed by atoms with E-state index in [0.717, 1.165) is 19.5 Å². The van der Waals surface area contributed by atoms with Crippen LogP contribution in [0.4, 0.5) is 11.5 Å². The zero-order chi connectivity index (χ0) is 16.7. The minimum Gasteiger partial charge on any atom is -0.369 e. The second-order valence-electron chi connectivity index (χ2n) is 5.33. The Bertz CT molecular complexity index is 645. The van der Waals surface area contributed by atoms with Crippen LogP contribution < -0.4 is 10.6 Å². The van der Waals surface area contributed by atoms with Gasteiger partial charge >= 0.3 is 0 Å². The molecule has 0 spiro atoms. The van der Waals surface area contributed by atoms with Crippen molar-refractivity contribution in [2.24, 2.45) is 0 Å². The van der Waals surface area contributed by atoms with Crippen LogP contribution in [0.15, 0.2) is 36.7 Å². The number of amides is 1. The summed E-state index contributed by atoms with van der Waals surface area (Å²) in [4.78, 5) is 22.5. The Balaban J connectivity index is 1.87. The maximum atomic E-state index is 12.1. The number of halogens is 1. The van der Waals surface area contributed by atoms with E-state index in [0.29, 0.717) is 16.5 Å². The number of nitrogens with one attached hydrogen (secondary N) is 2. The summed E-state index contributed by atoms with van der Waals surface area (Å²) in [7, 11) is 4.07. The first kappa shape index (κ1) is 17.2. The number of hydrogen-bond acceptors (Lipinski definition) is 5. The monoisotopic (exact) mass is 333 g/mol. The van der Waals surface area contributed by atoms with Crippen LogP contribution in [0.2, 0.25) is 5.02 Å². The SMILES string of the molecule is CN(C)CCCNc1cnc(C(=O)Nc2cccc(Cl)c2)cn1. The Morgan fingerprint density at radius 1 is 1.26 bits per heavy atom. The van der Waals surface area contributed by atoms with Crippen LogP contribution in [-0.4, -0.2) is 48.0 Å². The Kier molecular flexibility index (Phi) is 6.31. The number of carbonyl (C=O) groups excluding carboxylic acids is 1. The number of hydrogen-bond donors (Lipinski definition) is 2. The average Bonchev–Trinajstić information content (AvgIpc) is 2.52. The first-order valence-electron chi connectivity index (χ1n) is 7.32. The van der Waals surface area contributed by atoms with Crippen molar-refractivity contribution in [3.63, 3.8) is 0 Å². The third-order valence-corrected chi connectivity index (χ3v) is 3.29. The lowest BCUT2D eigenvalue weighted by atomic mass is 10.3. The van der Waals surface area contributed by atoms with Crippen LogP contribution in [0.5, 0.6) is 0 Å². The molecule has 23 heavy (non-hydrogen) atoms. The first-order chi connectivity index (χ1) is 11.0. The second kappa shape index (κ2) is 8.45. The van der Waals surface area contributed by atoms with Crippen LogP contribution in [0.1, 0.15) is 16.9 Å². The molecule has 0 fully saturated rings. The fourth-order valence-corrected chi connectivity index (χ4v) is 2.10. The Hall–Kier alpha value is -2.18. The molecule has 2 aromatic rings. The van der Waals surface area contributed by atoms with Crippen molar-refractivity contribution in [1.82, 2.24) is 14.9 Å². The highest BCUT2D eigenvalue weighted by atomic mass is 35.5. The molecule has 0 aliphatic rings. The van der Waals surface area contributed by atoms with Gasteiger partial charge in [0, 0.05) is 17.3 Å². The van der Waals surface area contributed by atoms with Gasteiger partial charge in [-0.1, -0.05) is 17.7 Å². The third kappa shape index (κ3) is 5.84. The van der Waals surface area contributed by atoms with E-state index in [9.17, 15) is 4.79 Å². The van der Waals surface area contributed by atoms with Crippen LogP contribution in [-0.2, 0) is 0 Å². The summed E-state index contributed by atoms with van der Waals surface area (Å²) in [5, 5.41) is 6.47. The Labute approximate surface area is 140 Å². The van der Waals surface area contributed by atoms with Crippen molar-refractivity contribution in [3.05, 3.63) is 47.4 Å². The maximum Gasteiger partial charge on any atom is 0.275 e. The maximum absolute atomic E-state index is 12.1. The molecule has 1 amide bonds. The molecule has 2 rings (SSSR count). The molecule has 1 heterocycles. The molecule has 1 aromatic carbocycles. The lowest BCUT2D eigenvalue weighted by Gasteiger charge is -2.10. The quantitative estimate of drug-likeness (QED) is 0.762. The lowest BCUT2D eigenvalue weighted by Crippen LogP contribution is -2.17. The van der Waals surface area contributed by atoms with Gasteiger partial charge in [-0.2, -0.15) is 0 Å². The van der Waals surface area contributed by atoms with Gasteiger partial charge in [0.1, 0.15) is 11.5 Å². The molecule has 6 nitrogen and oxygen atoms in total. The van der Waals surface area contributed by atoms with E-state index < -0.39 is 0 Å². The summed E-state index contributed by atoms with van der Waals surface area (Å²) >= 11 is 5.88. The summed E-state index contributed by atoms with van der Waals surface area (Å²) in [5.41, 5.74) is 0.874. The van der Waals surface area contributed by atoms with E-state index in [4.69, 9.17) is 11.6 Å². The van der Waals surface area contributed by atoms with Gasteiger partial charge in [-0.25, -0.2) is 9.97 Å². The van der Waals surface area contributed by atoms with Gasteiger partial charge in [0.15, 0.2) is 0 Å². The van der Waals surface area contributed by atoms with Gasteiger partial charge in [-0.15, -0.1) is 0 Å². The number of benzene rings is 1. The molecule has 122 valence electrons. The molecular formula is C16H20ClN5O. The summed E-state index contributed by atoms with van der Waals surface area (Å²) in [6, 6.07) is 6.95. The van der Waals surface area contributed by atoms with Gasteiger partial charge in [-0.3, -0.25) is 4.79 Å². The zero-order valence-corrected chi connectivity index (χ0v) is 14.0. The molecule has 2 N–H and O–H groups in total. The smallest absolute Gasteiger partial charge is 0.275 e. The van der Waals surface area contributed by atoms with Crippen molar-refractivity contribution in [2.75, 3.05) is 37.8 Å². The summed E-state index contributed by atoms with van der Waals surface area (Å²) in [5.74, 6) is 0.335. The largest absolute Gasteiger partial charge is 0.369 e. The van der Waals surface area contributed by atoms with E-state index in [2.05, 4.69) is 25.5 Å². The third-order valence-electron chi connectivity index (χ3n) is 3.06. The van der Waals surface area contributed by atoms with Crippen LogP contribution in [0, 0.1) is 0 Å². The Morgan fingerprint density at radius 3 is 2.74 bits per heavy atom. The molecule has 0 bridgehead atoms. The van der Waals surface area contributed by atoms with Crippen molar-refractivity contribution in [3.8, 4) is 0 Å². The van der Waals surface area contributed by atoms with Crippen LogP contribution >= 0.6 is 11.6 Å². The van der Waals surface area contributed by atoms with E-state index in [1.807, 2.05) is 14.1 Å². The van der Waals surface area contributed by atoms with E-state index >= 15 is 0 Å². The molecule has 0 saturated heterocycles. The first-order valence-corrected chi connectivity index (χ1v) is 7.70. The van der Waals surface area contributed by atoms with E-state index in [1.54, 1.807) is 30.5 Å². The normalized spacial score (nSPS) is 10.6. The predicted molar refractivity (Wildman–Crippen MR) is 93.1 cm³/mol. The van der Waals surface area contributed by atoms with Crippen molar-refractivity contribution in [2.45, 2.75) is 6.42 Å². The van der Waals surface area contributed by atoms with Crippen LogP contribution in [0.25, 0.3) is 0 Å². The van der Waals surface area contributed by atoms with Crippen molar-refractivity contribution >= 4 is 29.0 Å². The van der Waals surface area contributed by atoms with Gasteiger partial charge in [0.2, 0.25) is 0 Å². The topological polar surface area (TPSA) is 70.2 Å². The van der Waals surface area contributed by atoms with Gasteiger partial charge < -0.3 is 15.5 Å². The minimum absolute atomic E-state index is 0.254. The molecule has 0 aliphatic heterocycles. The number of rotatable bonds is 7. The van der Waals surface area contributed by atoms with Gasteiger partial charge in [0.25, 0.3) is 5.91 Å². The molecule has 0 aliphatic carbocycles. The fraction of sp³-hybridized carbons (Fsp3) is 0.312. The van der Waals surface area contributed by atoms with Gasteiger partial charge in [-0.05, 0) is 45.3 Å². The second-order valence-corrected chi connectivity index (χ2v) is 5.77. The van der Waals surface area contributed by atoms with Crippen molar-refractivity contribution in [1.29, 1.82) is 0 Å². The highest BCUT2D eigenvalue weighted by Crippen LogP contribution is 2.15. The highest BCUT2D eigenvalue weighted by molar-refractivity contribution is 6.30. The van der Waals surface area contributed by atoms with E-state index in [-0.39, 0.29) is 11.6 Å². The molecule has 0 atom stereocenters. The molecule has 0 saturated carbocycles. The minimum atomic E-state index is -0.320. The number of nitrogens with zero attached hydrogens (tertiary/aromatic N) is 3. The number of aromatic nitrogens is 2. The summed E-state index contributed by atoms with van der Waals surface area (Å²) in [6.45, 7) is 1.81. The summed E-state index contributed by atoms with van der Waals surface area (Å²) in [6.07, 6.45) is 4.02. The standard InChI is InChI=1S/C16H20ClN5O/c1-22(2)8-4-7-18-15-11-19-14(10-20-15)16(23)21-13-6-3-5-12(17)9-13/h3,5-6,9-11H,4,7-8H2,1-2H3,(H,18,20)(H,21,23). The predicted octanol–water partition coefficient (Wildman–Crippen LogP) is 2.75. The Morgan fingerprint density at radius 2 is 2.09 bits per heavy atom. The number of anilines is 2. The highest BCUT2D eigenvalue weighted by Gasteiger charge is 2.08. The molecular weight excluding hydrogens is 314 g/mol. The van der Waals surface area contributed by atoms with E-state index in [1.165, 1.54) is 6.20 Å². The van der Waals surface area contributed by atoms with Crippen molar-refractivity contribution < 1.29 is 4.79 Å². The molecule has 0 radical (unpaired) electrons. The average molecular weight is 334 g/mol. The van der Waals surface area contributed by atoms with Crippen LogP contribution in [0.3, 0.4) is 0 Å². The molecule has 0 unspecified atom stereocenters. The zero-order valence-electron chi connectivity index (χ0n) is 13.2. The fourth-order valence-electron chi connectivity index (χ4n) is 1.91. The lowest BCUT2D eigenvalue weighted by molar-refractivity contribution is 0.102. The molecule has 1 aromatic heterocycles. The summed E-state index contributed by atoms with van der Waals surface area (Å²) < 4.78 is 0. The van der Waals surface area contributed by atoms with Gasteiger partial charge in [0.05, 0.1) is 12.4 Å². The molecule has 7 heteroatoms.